The van der Waals surface area contributed by atoms with Crippen molar-refractivity contribution in [3.63, 3.8) is 0 Å². The molecule has 4 nitrogen and oxygen atoms in total. The van der Waals surface area contributed by atoms with E-state index in [-0.39, 0.29) is 5.95 Å². The molecule has 2 rings (SSSR count). The molecule has 0 spiro atoms. The van der Waals surface area contributed by atoms with Gasteiger partial charge in [-0.05, 0) is 24.6 Å². The summed E-state index contributed by atoms with van der Waals surface area (Å²) in [6.07, 6.45) is -4.60. The molecule has 102 valence electrons. The first kappa shape index (κ1) is 13.7. The molecule has 0 unspecified atom stereocenters. The van der Waals surface area contributed by atoms with Crippen LogP contribution in [0, 0.1) is 6.92 Å². The second-order valence-electron chi connectivity index (χ2n) is 3.87. The topological polar surface area (TPSA) is 42.7 Å². The van der Waals surface area contributed by atoms with Gasteiger partial charge in [0.05, 0.1) is 10.7 Å². The molecule has 0 atom stereocenters. The molecular weight excluding hydrogens is 281 g/mol. The van der Waals surface area contributed by atoms with Crippen LogP contribution >= 0.6 is 11.6 Å². The van der Waals surface area contributed by atoms with E-state index in [4.69, 9.17) is 11.6 Å². The molecule has 0 aliphatic carbocycles. The second kappa shape index (κ2) is 4.73. The normalized spacial score (nSPS) is 11.7. The van der Waals surface area contributed by atoms with Crippen LogP contribution in [-0.4, -0.2) is 21.8 Å². The molecule has 0 saturated heterocycles. The Kier molecular flexibility index (Phi) is 3.40. The Morgan fingerprint density at radius 1 is 1.32 bits per heavy atom. The Balaban J connectivity index is 2.58. The van der Waals surface area contributed by atoms with Gasteiger partial charge in [0.15, 0.2) is 0 Å². The lowest BCUT2D eigenvalue weighted by atomic mass is 10.2. The van der Waals surface area contributed by atoms with Crippen LogP contribution in [-0.2, 0) is 6.18 Å². The molecule has 0 radical (unpaired) electrons. The lowest BCUT2D eigenvalue weighted by molar-refractivity contribution is -0.144. The van der Waals surface area contributed by atoms with Crippen molar-refractivity contribution in [3.05, 3.63) is 34.6 Å². The summed E-state index contributed by atoms with van der Waals surface area (Å²) < 4.78 is 38.8. The largest absolute Gasteiger partial charge is 0.453 e. The van der Waals surface area contributed by atoms with Crippen LogP contribution in [0.15, 0.2) is 18.2 Å². The first-order valence-electron chi connectivity index (χ1n) is 5.31. The molecular formula is C11H10ClF3N4. The predicted octanol–water partition coefficient (Wildman–Crippen LogP) is 3.29. The summed E-state index contributed by atoms with van der Waals surface area (Å²) in [4.78, 5) is 3.40. The SMILES string of the molecule is CNc1nc(C(F)(F)F)nn1-c1ccc(C)cc1Cl. The zero-order valence-corrected chi connectivity index (χ0v) is 10.8. The second-order valence-corrected chi connectivity index (χ2v) is 4.28. The highest BCUT2D eigenvalue weighted by Crippen LogP contribution is 2.30. The molecule has 1 aromatic heterocycles. The minimum atomic E-state index is -4.60. The fourth-order valence-electron chi connectivity index (χ4n) is 1.55. The van der Waals surface area contributed by atoms with E-state index in [2.05, 4.69) is 15.4 Å². The first-order valence-corrected chi connectivity index (χ1v) is 5.69. The Morgan fingerprint density at radius 3 is 2.53 bits per heavy atom. The average molecular weight is 291 g/mol. The zero-order chi connectivity index (χ0) is 14.2. The van der Waals surface area contributed by atoms with E-state index in [1.807, 2.05) is 6.92 Å². The van der Waals surface area contributed by atoms with Gasteiger partial charge in [0.1, 0.15) is 0 Å². The Labute approximate surface area is 112 Å². The van der Waals surface area contributed by atoms with E-state index in [9.17, 15) is 13.2 Å². The number of halogens is 4. The van der Waals surface area contributed by atoms with Crippen molar-refractivity contribution in [1.82, 2.24) is 14.8 Å². The van der Waals surface area contributed by atoms with Crippen molar-refractivity contribution in [2.45, 2.75) is 13.1 Å². The van der Waals surface area contributed by atoms with Crippen LogP contribution in [0.1, 0.15) is 11.4 Å². The van der Waals surface area contributed by atoms with Crippen molar-refractivity contribution in [3.8, 4) is 5.69 Å². The van der Waals surface area contributed by atoms with Crippen molar-refractivity contribution in [2.75, 3.05) is 12.4 Å². The predicted molar refractivity (Wildman–Crippen MR) is 65.7 cm³/mol. The summed E-state index contributed by atoms with van der Waals surface area (Å²) in [7, 11) is 1.46. The number of anilines is 1. The van der Waals surface area contributed by atoms with Gasteiger partial charge in [-0.15, -0.1) is 5.10 Å². The van der Waals surface area contributed by atoms with Gasteiger partial charge in [-0.2, -0.15) is 22.8 Å². The average Bonchev–Trinajstić information content (AvgIpc) is 2.72. The van der Waals surface area contributed by atoms with Gasteiger partial charge in [-0.3, -0.25) is 0 Å². The van der Waals surface area contributed by atoms with E-state index in [1.165, 1.54) is 7.05 Å². The fraction of sp³-hybridized carbons (Fsp3) is 0.273. The Bertz CT molecular complexity index is 606. The maximum Gasteiger partial charge on any atom is 0.453 e. The number of aryl methyl sites for hydroxylation is 1. The van der Waals surface area contributed by atoms with Crippen molar-refractivity contribution >= 4 is 17.5 Å². The lowest BCUT2D eigenvalue weighted by Crippen LogP contribution is -2.08. The number of alkyl halides is 3. The summed E-state index contributed by atoms with van der Waals surface area (Å²) in [6, 6.07) is 4.97. The minimum Gasteiger partial charge on any atom is -0.357 e. The quantitative estimate of drug-likeness (QED) is 0.923. The highest BCUT2D eigenvalue weighted by Gasteiger charge is 2.37. The molecule has 0 aliphatic rings. The van der Waals surface area contributed by atoms with Crippen molar-refractivity contribution in [2.24, 2.45) is 0 Å². The van der Waals surface area contributed by atoms with Gasteiger partial charge in [0, 0.05) is 7.05 Å². The Morgan fingerprint density at radius 2 is 2.00 bits per heavy atom. The number of benzene rings is 1. The number of nitrogens with zero attached hydrogens (tertiary/aromatic N) is 3. The van der Waals surface area contributed by atoms with Gasteiger partial charge in [-0.1, -0.05) is 17.7 Å². The van der Waals surface area contributed by atoms with Gasteiger partial charge < -0.3 is 5.32 Å². The third-order valence-electron chi connectivity index (χ3n) is 2.42. The molecule has 1 N–H and O–H groups in total. The van der Waals surface area contributed by atoms with E-state index < -0.39 is 12.0 Å². The molecule has 0 bridgehead atoms. The maximum atomic E-state index is 12.6. The van der Waals surface area contributed by atoms with Crippen LogP contribution in [0.5, 0.6) is 0 Å². The lowest BCUT2D eigenvalue weighted by Gasteiger charge is -2.07. The summed E-state index contributed by atoms with van der Waals surface area (Å²) >= 11 is 6.02. The summed E-state index contributed by atoms with van der Waals surface area (Å²) in [5.74, 6) is -1.24. The molecule has 19 heavy (non-hydrogen) atoms. The number of rotatable bonds is 2. The monoisotopic (exact) mass is 290 g/mol. The molecule has 1 aromatic carbocycles. The van der Waals surface area contributed by atoms with Gasteiger partial charge >= 0.3 is 6.18 Å². The zero-order valence-electron chi connectivity index (χ0n) is 10.1. The standard InChI is InChI=1S/C11H10ClF3N4/c1-6-3-4-8(7(12)5-6)19-10(16-2)17-9(18-19)11(13,14)15/h3-5H,1-2H3,(H,16,17,18). The summed E-state index contributed by atoms with van der Waals surface area (Å²) in [6.45, 7) is 1.83. The van der Waals surface area contributed by atoms with Crippen molar-refractivity contribution < 1.29 is 13.2 Å². The molecule has 0 amide bonds. The van der Waals surface area contributed by atoms with Gasteiger partial charge in [0.2, 0.25) is 5.95 Å². The fourth-order valence-corrected chi connectivity index (χ4v) is 1.86. The van der Waals surface area contributed by atoms with E-state index >= 15 is 0 Å². The summed E-state index contributed by atoms with van der Waals surface area (Å²) in [5.41, 5.74) is 1.23. The molecule has 0 fully saturated rings. The van der Waals surface area contributed by atoms with E-state index in [0.717, 1.165) is 10.2 Å². The third-order valence-corrected chi connectivity index (χ3v) is 2.72. The molecule has 0 saturated carbocycles. The first-order chi connectivity index (χ1) is 8.82. The van der Waals surface area contributed by atoms with Crippen LogP contribution in [0.2, 0.25) is 5.02 Å². The van der Waals surface area contributed by atoms with Gasteiger partial charge in [-0.25, -0.2) is 0 Å². The molecule has 8 heteroatoms. The maximum absolute atomic E-state index is 12.6. The number of hydrogen-bond donors (Lipinski definition) is 1. The molecule has 0 aliphatic heterocycles. The van der Waals surface area contributed by atoms with Crippen LogP contribution in [0.4, 0.5) is 19.1 Å². The molecule has 1 heterocycles. The van der Waals surface area contributed by atoms with Crippen LogP contribution in [0.25, 0.3) is 5.69 Å². The molecule has 2 aromatic rings. The smallest absolute Gasteiger partial charge is 0.357 e. The highest BCUT2D eigenvalue weighted by atomic mass is 35.5. The minimum absolute atomic E-state index is 0.0296. The summed E-state index contributed by atoms with van der Waals surface area (Å²) in [5, 5.41) is 6.31. The number of aromatic nitrogens is 3. The Hall–Kier alpha value is -1.76. The van der Waals surface area contributed by atoms with Gasteiger partial charge in [0.25, 0.3) is 5.82 Å². The highest BCUT2D eigenvalue weighted by molar-refractivity contribution is 6.32. The number of nitrogens with one attached hydrogen (secondary N) is 1. The third kappa shape index (κ3) is 2.65. The van der Waals surface area contributed by atoms with E-state index in [1.54, 1.807) is 18.2 Å². The number of hydrogen-bond acceptors (Lipinski definition) is 3. The van der Waals surface area contributed by atoms with Crippen LogP contribution < -0.4 is 5.32 Å². The van der Waals surface area contributed by atoms with Crippen LogP contribution in [0.3, 0.4) is 0 Å². The van der Waals surface area contributed by atoms with Crippen molar-refractivity contribution in [1.29, 1.82) is 0 Å². The van der Waals surface area contributed by atoms with E-state index in [0.29, 0.717) is 10.7 Å².